The second-order valence-corrected chi connectivity index (χ2v) is 5.88. The summed E-state index contributed by atoms with van der Waals surface area (Å²) in [5, 5.41) is 21.9. The average Bonchev–Trinajstić information content (AvgIpc) is 3.17. The van der Waals surface area contributed by atoms with E-state index in [1.165, 1.54) is 4.90 Å². The van der Waals surface area contributed by atoms with Crippen molar-refractivity contribution < 1.29 is 15.0 Å². The number of urea groups is 1. The summed E-state index contributed by atoms with van der Waals surface area (Å²) >= 11 is 0. The predicted molar refractivity (Wildman–Crippen MR) is 82.9 cm³/mol. The summed E-state index contributed by atoms with van der Waals surface area (Å²) < 4.78 is 0. The second-order valence-electron chi connectivity index (χ2n) is 5.88. The van der Waals surface area contributed by atoms with Crippen LogP contribution in [0.3, 0.4) is 0 Å². The van der Waals surface area contributed by atoms with Crippen LogP contribution in [0.1, 0.15) is 19.3 Å². The molecule has 0 saturated carbocycles. The van der Waals surface area contributed by atoms with Crippen LogP contribution in [-0.2, 0) is 0 Å². The van der Waals surface area contributed by atoms with E-state index in [1.807, 2.05) is 6.07 Å². The Hall–Kier alpha value is -1.86. The monoisotopic (exact) mass is 306 g/mol. The van der Waals surface area contributed by atoms with Gasteiger partial charge in [0.05, 0.1) is 24.4 Å². The zero-order chi connectivity index (χ0) is 15.5. The highest BCUT2D eigenvalue weighted by Gasteiger charge is 2.34. The number of hydrogen-bond acceptors (Lipinski definition) is 5. The lowest BCUT2D eigenvalue weighted by Crippen LogP contribution is -2.41. The van der Waals surface area contributed by atoms with Crippen molar-refractivity contribution in [3.05, 3.63) is 18.3 Å². The van der Waals surface area contributed by atoms with Crippen LogP contribution >= 0.6 is 0 Å². The number of aliphatic hydroxyl groups excluding tert-OH is 2. The normalized spacial score (nSPS) is 24.8. The zero-order valence-corrected chi connectivity index (χ0v) is 12.5. The summed E-state index contributed by atoms with van der Waals surface area (Å²) in [5.74, 6) is 0.786. The van der Waals surface area contributed by atoms with Gasteiger partial charge in [0, 0.05) is 25.8 Å². The van der Waals surface area contributed by atoms with E-state index in [2.05, 4.69) is 15.2 Å². The molecule has 2 amide bonds. The Morgan fingerprint density at radius 3 is 2.91 bits per heavy atom. The highest BCUT2D eigenvalue weighted by Crippen LogP contribution is 2.27. The van der Waals surface area contributed by atoms with Crippen LogP contribution in [0, 0.1) is 0 Å². The zero-order valence-electron chi connectivity index (χ0n) is 12.5. The van der Waals surface area contributed by atoms with Gasteiger partial charge >= 0.3 is 6.03 Å². The summed E-state index contributed by atoms with van der Waals surface area (Å²) in [7, 11) is 0. The molecular weight excluding hydrogens is 284 g/mol. The first kappa shape index (κ1) is 15.1. The van der Waals surface area contributed by atoms with Gasteiger partial charge in [-0.2, -0.15) is 0 Å². The number of nitrogens with one attached hydrogen (secondary N) is 1. The molecule has 3 N–H and O–H groups in total. The highest BCUT2D eigenvalue weighted by molar-refractivity contribution is 5.92. The number of hydrogen-bond donors (Lipinski definition) is 3. The second kappa shape index (κ2) is 6.50. The van der Waals surface area contributed by atoms with Crippen LogP contribution in [0.5, 0.6) is 0 Å². The molecule has 2 fully saturated rings. The fourth-order valence-electron chi connectivity index (χ4n) is 3.18. The number of nitrogens with zero attached hydrogens (tertiary/aromatic N) is 3. The SMILES string of the molecule is O=C(Nc1cccnc1N1CCCC1)N1CC(O)CC1CO. The molecule has 22 heavy (non-hydrogen) atoms. The van der Waals surface area contributed by atoms with Crippen molar-refractivity contribution in [3.8, 4) is 0 Å². The van der Waals surface area contributed by atoms with Gasteiger partial charge in [0.1, 0.15) is 0 Å². The van der Waals surface area contributed by atoms with Gasteiger partial charge in [-0.3, -0.25) is 0 Å². The average molecular weight is 306 g/mol. The lowest BCUT2D eigenvalue weighted by Gasteiger charge is -2.25. The molecule has 2 atom stereocenters. The van der Waals surface area contributed by atoms with Crippen molar-refractivity contribution >= 4 is 17.5 Å². The van der Waals surface area contributed by atoms with Crippen LogP contribution in [0.15, 0.2) is 18.3 Å². The van der Waals surface area contributed by atoms with Crippen LogP contribution in [0.4, 0.5) is 16.3 Å². The van der Waals surface area contributed by atoms with Crippen molar-refractivity contribution in [2.24, 2.45) is 0 Å². The molecule has 1 aromatic rings. The maximum Gasteiger partial charge on any atom is 0.322 e. The number of pyridine rings is 1. The lowest BCUT2D eigenvalue weighted by atomic mass is 10.2. The molecule has 7 nitrogen and oxygen atoms in total. The van der Waals surface area contributed by atoms with Crippen LogP contribution in [-0.4, -0.2) is 64.5 Å². The molecule has 120 valence electrons. The Morgan fingerprint density at radius 1 is 1.41 bits per heavy atom. The molecule has 2 aliphatic heterocycles. The van der Waals surface area contributed by atoms with Crippen molar-refractivity contribution in [2.75, 3.05) is 36.5 Å². The van der Waals surface area contributed by atoms with Gasteiger partial charge in [0.25, 0.3) is 0 Å². The van der Waals surface area contributed by atoms with Crippen molar-refractivity contribution in [1.29, 1.82) is 0 Å². The Bertz CT molecular complexity index is 533. The smallest absolute Gasteiger partial charge is 0.322 e. The van der Waals surface area contributed by atoms with E-state index in [-0.39, 0.29) is 25.2 Å². The molecule has 3 rings (SSSR count). The molecule has 0 aromatic carbocycles. The first-order valence-corrected chi connectivity index (χ1v) is 7.75. The fourth-order valence-corrected chi connectivity index (χ4v) is 3.18. The number of rotatable bonds is 3. The Morgan fingerprint density at radius 2 is 2.18 bits per heavy atom. The van der Waals surface area contributed by atoms with Gasteiger partial charge < -0.3 is 25.3 Å². The molecule has 0 radical (unpaired) electrons. The largest absolute Gasteiger partial charge is 0.394 e. The van der Waals surface area contributed by atoms with Crippen LogP contribution < -0.4 is 10.2 Å². The minimum Gasteiger partial charge on any atom is -0.394 e. The van der Waals surface area contributed by atoms with E-state index in [9.17, 15) is 15.0 Å². The molecular formula is C15H22N4O3. The molecule has 1 aromatic heterocycles. The first-order chi connectivity index (χ1) is 10.7. The quantitative estimate of drug-likeness (QED) is 0.763. The van der Waals surface area contributed by atoms with Crippen molar-refractivity contribution in [1.82, 2.24) is 9.88 Å². The van der Waals surface area contributed by atoms with Gasteiger partial charge in [0.2, 0.25) is 0 Å². The third kappa shape index (κ3) is 3.00. The number of carbonyl (C=O) groups is 1. The van der Waals surface area contributed by atoms with E-state index in [1.54, 1.807) is 12.3 Å². The molecule has 0 aliphatic carbocycles. The Balaban J connectivity index is 1.74. The summed E-state index contributed by atoms with van der Waals surface area (Å²) in [5.41, 5.74) is 0.674. The molecule has 2 unspecified atom stereocenters. The van der Waals surface area contributed by atoms with Crippen LogP contribution in [0.2, 0.25) is 0 Å². The third-order valence-corrected chi connectivity index (χ3v) is 4.30. The number of anilines is 2. The summed E-state index contributed by atoms with van der Waals surface area (Å²) in [6.45, 7) is 2.00. The minimum atomic E-state index is -0.574. The number of amides is 2. The van der Waals surface area contributed by atoms with Gasteiger partial charge in [-0.15, -0.1) is 0 Å². The molecule has 0 spiro atoms. The number of aromatic nitrogens is 1. The van der Waals surface area contributed by atoms with Gasteiger partial charge in [-0.1, -0.05) is 0 Å². The standard InChI is InChI=1S/C15H22N4O3/c20-10-11-8-12(21)9-19(11)15(22)17-13-4-3-5-16-14(13)18-6-1-2-7-18/h3-5,11-12,20-21H,1-2,6-10H2,(H,17,22). The number of carbonyl (C=O) groups excluding carboxylic acids is 1. The summed E-state index contributed by atoms with van der Waals surface area (Å²) in [6, 6.07) is 2.99. The molecule has 2 aliphatic rings. The van der Waals surface area contributed by atoms with E-state index in [4.69, 9.17) is 0 Å². The Kier molecular flexibility index (Phi) is 4.44. The van der Waals surface area contributed by atoms with Gasteiger partial charge in [0.15, 0.2) is 5.82 Å². The molecule has 2 saturated heterocycles. The lowest BCUT2D eigenvalue weighted by molar-refractivity contribution is 0.164. The molecule has 0 bridgehead atoms. The number of likely N-dealkylation sites (tertiary alicyclic amines) is 1. The topological polar surface area (TPSA) is 88.9 Å². The van der Waals surface area contributed by atoms with Crippen molar-refractivity contribution in [2.45, 2.75) is 31.4 Å². The van der Waals surface area contributed by atoms with E-state index in [0.717, 1.165) is 31.7 Å². The Labute approximate surface area is 129 Å². The highest BCUT2D eigenvalue weighted by atomic mass is 16.3. The maximum absolute atomic E-state index is 12.4. The van der Waals surface area contributed by atoms with E-state index >= 15 is 0 Å². The summed E-state index contributed by atoms with van der Waals surface area (Å²) in [6.07, 6.45) is 3.83. The van der Waals surface area contributed by atoms with Crippen molar-refractivity contribution in [3.63, 3.8) is 0 Å². The maximum atomic E-state index is 12.4. The van der Waals surface area contributed by atoms with Gasteiger partial charge in [-0.05, 0) is 31.4 Å². The number of β-amino-alcohol motifs (C(OH)–C–C–N with tert-alkyl or cyclic N) is 1. The molecule has 3 heterocycles. The van der Waals surface area contributed by atoms with E-state index < -0.39 is 6.10 Å². The minimum absolute atomic E-state index is 0.142. The predicted octanol–water partition coefficient (Wildman–Crippen LogP) is 0.641. The fraction of sp³-hybridized carbons (Fsp3) is 0.600. The molecule has 7 heteroatoms. The summed E-state index contributed by atoms with van der Waals surface area (Å²) in [4.78, 5) is 20.5. The van der Waals surface area contributed by atoms with Crippen LogP contribution in [0.25, 0.3) is 0 Å². The first-order valence-electron chi connectivity index (χ1n) is 7.75. The number of aliphatic hydroxyl groups is 2. The third-order valence-electron chi connectivity index (χ3n) is 4.30. The van der Waals surface area contributed by atoms with E-state index in [0.29, 0.717) is 12.1 Å². The van der Waals surface area contributed by atoms with Gasteiger partial charge in [-0.25, -0.2) is 9.78 Å².